The monoisotopic (exact) mass is 260 g/mol. The molecule has 1 N–H and O–H groups in total. The van der Waals surface area contributed by atoms with Crippen LogP contribution in [0.1, 0.15) is 27.2 Å². The van der Waals surface area contributed by atoms with Gasteiger partial charge in [-0.25, -0.2) is 4.98 Å². The van der Waals surface area contributed by atoms with Gasteiger partial charge in [-0.1, -0.05) is 6.92 Å². The van der Waals surface area contributed by atoms with Crippen LogP contribution in [0.3, 0.4) is 0 Å². The molecule has 1 amide bonds. The minimum absolute atomic E-state index is 0.101. The minimum atomic E-state index is -1.06. The molecule has 0 saturated carbocycles. The molecule has 0 atom stereocenters. The number of furan rings is 1. The maximum Gasteiger partial charge on any atom is 0.237 e. The first-order valence-corrected chi connectivity index (χ1v) is 6.13. The first kappa shape index (κ1) is 13.3. The molecular formula is C14H16N2O3. The van der Waals surface area contributed by atoms with Crippen molar-refractivity contribution in [1.82, 2.24) is 4.98 Å². The van der Waals surface area contributed by atoms with E-state index in [0.717, 1.165) is 5.39 Å². The number of nitrogens with zero attached hydrogens (tertiary/aromatic N) is 1. The predicted molar refractivity (Wildman–Crippen MR) is 71.7 cm³/mol. The molecule has 0 bridgehead atoms. The van der Waals surface area contributed by atoms with Crippen LogP contribution >= 0.6 is 0 Å². The van der Waals surface area contributed by atoms with Gasteiger partial charge in [0.25, 0.3) is 0 Å². The maximum atomic E-state index is 12.2. The summed E-state index contributed by atoms with van der Waals surface area (Å²) >= 11 is 0. The molecule has 19 heavy (non-hydrogen) atoms. The Morgan fingerprint density at radius 2 is 2.16 bits per heavy atom. The van der Waals surface area contributed by atoms with Crippen molar-refractivity contribution >= 4 is 28.5 Å². The number of hydrogen-bond donors (Lipinski definition) is 1. The number of pyridine rings is 1. The van der Waals surface area contributed by atoms with Gasteiger partial charge in [0.15, 0.2) is 0 Å². The molecule has 0 saturated heterocycles. The van der Waals surface area contributed by atoms with Crippen LogP contribution in [0.4, 0.5) is 5.69 Å². The molecule has 5 heteroatoms. The highest BCUT2D eigenvalue weighted by atomic mass is 16.3. The van der Waals surface area contributed by atoms with Crippen molar-refractivity contribution < 1.29 is 14.0 Å². The van der Waals surface area contributed by atoms with Crippen molar-refractivity contribution in [2.45, 2.75) is 27.2 Å². The Kier molecular flexibility index (Phi) is 3.38. The molecule has 100 valence electrons. The Hall–Kier alpha value is -2.17. The number of amides is 1. The molecule has 0 aliphatic carbocycles. The molecule has 2 aromatic heterocycles. The normalized spacial score (nSPS) is 11.5. The second kappa shape index (κ2) is 4.84. The van der Waals surface area contributed by atoms with E-state index < -0.39 is 5.41 Å². The first-order chi connectivity index (χ1) is 8.96. The standard InChI is InChI=1S/C14H16N2O3/c1-4-11(17)14(2,3)13(18)16-10-8-19-12-9(10)6-5-7-15-12/h5-8H,4H2,1-3H3,(H,16,18). The summed E-state index contributed by atoms with van der Waals surface area (Å²) in [5, 5.41) is 3.45. The van der Waals surface area contributed by atoms with E-state index in [2.05, 4.69) is 10.3 Å². The Morgan fingerprint density at radius 1 is 1.42 bits per heavy atom. The zero-order valence-electron chi connectivity index (χ0n) is 11.2. The van der Waals surface area contributed by atoms with E-state index in [1.807, 2.05) is 0 Å². The van der Waals surface area contributed by atoms with Crippen LogP contribution in [-0.2, 0) is 9.59 Å². The second-order valence-electron chi connectivity index (χ2n) is 4.86. The quantitative estimate of drug-likeness (QED) is 0.858. The Morgan fingerprint density at radius 3 is 2.84 bits per heavy atom. The number of carbonyl (C=O) groups is 2. The van der Waals surface area contributed by atoms with Gasteiger partial charge >= 0.3 is 0 Å². The van der Waals surface area contributed by atoms with E-state index in [1.165, 1.54) is 6.26 Å². The van der Waals surface area contributed by atoms with E-state index in [4.69, 9.17) is 4.42 Å². The first-order valence-electron chi connectivity index (χ1n) is 6.13. The van der Waals surface area contributed by atoms with Crippen LogP contribution in [0.5, 0.6) is 0 Å². The number of aromatic nitrogens is 1. The van der Waals surface area contributed by atoms with E-state index in [-0.39, 0.29) is 11.7 Å². The van der Waals surface area contributed by atoms with Crippen LogP contribution in [0.25, 0.3) is 11.1 Å². The van der Waals surface area contributed by atoms with E-state index in [9.17, 15) is 9.59 Å². The summed E-state index contributed by atoms with van der Waals surface area (Å²) in [6.45, 7) is 4.98. The third kappa shape index (κ3) is 2.36. The number of nitrogens with one attached hydrogen (secondary N) is 1. The van der Waals surface area contributed by atoms with Crippen molar-refractivity contribution in [1.29, 1.82) is 0 Å². The smallest absolute Gasteiger partial charge is 0.237 e. The molecule has 2 rings (SSSR count). The van der Waals surface area contributed by atoms with Gasteiger partial charge in [0.05, 0.1) is 11.1 Å². The van der Waals surface area contributed by atoms with Gasteiger partial charge in [-0.05, 0) is 26.0 Å². The predicted octanol–water partition coefficient (Wildman–Crippen LogP) is 2.77. The van der Waals surface area contributed by atoms with Crippen LogP contribution in [0, 0.1) is 5.41 Å². The molecule has 2 aromatic rings. The van der Waals surface area contributed by atoms with Gasteiger partial charge in [0, 0.05) is 12.6 Å². The zero-order chi connectivity index (χ0) is 14.0. The Labute approximate surface area is 111 Å². The van der Waals surface area contributed by atoms with Crippen molar-refractivity contribution in [2.24, 2.45) is 5.41 Å². The molecule has 0 fully saturated rings. The zero-order valence-corrected chi connectivity index (χ0v) is 11.2. The molecule has 0 radical (unpaired) electrons. The minimum Gasteiger partial charge on any atom is -0.444 e. The molecule has 0 spiro atoms. The molecule has 0 unspecified atom stereocenters. The average Bonchev–Trinajstić information content (AvgIpc) is 2.81. The summed E-state index contributed by atoms with van der Waals surface area (Å²) in [6, 6.07) is 3.56. The lowest BCUT2D eigenvalue weighted by atomic mass is 9.85. The molecule has 0 aliphatic heterocycles. The van der Waals surface area contributed by atoms with Crippen LogP contribution in [-0.4, -0.2) is 16.7 Å². The fourth-order valence-electron chi connectivity index (χ4n) is 1.81. The molecule has 0 aliphatic rings. The number of Topliss-reactive ketones (excluding diaryl/α,β-unsaturated/α-hetero) is 1. The largest absolute Gasteiger partial charge is 0.444 e. The SMILES string of the molecule is CCC(=O)C(C)(C)C(=O)Nc1coc2ncccc12. The lowest BCUT2D eigenvalue weighted by Crippen LogP contribution is -2.37. The van der Waals surface area contributed by atoms with Gasteiger partial charge in [-0.2, -0.15) is 0 Å². The van der Waals surface area contributed by atoms with Gasteiger partial charge in [-0.3, -0.25) is 9.59 Å². The maximum absolute atomic E-state index is 12.2. The number of carbonyl (C=O) groups excluding carboxylic acids is 2. The summed E-state index contributed by atoms with van der Waals surface area (Å²) in [5.74, 6) is -0.443. The third-order valence-corrected chi connectivity index (χ3v) is 3.18. The average molecular weight is 260 g/mol. The third-order valence-electron chi connectivity index (χ3n) is 3.18. The number of hydrogen-bond acceptors (Lipinski definition) is 4. The molecule has 2 heterocycles. The molecular weight excluding hydrogens is 244 g/mol. The Bertz CT molecular complexity index is 628. The summed E-state index contributed by atoms with van der Waals surface area (Å²) in [4.78, 5) is 28.0. The number of rotatable bonds is 4. The number of ketones is 1. The van der Waals surface area contributed by atoms with Crippen molar-refractivity contribution in [3.8, 4) is 0 Å². The van der Waals surface area contributed by atoms with Crippen LogP contribution in [0.2, 0.25) is 0 Å². The lowest BCUT2D eigenvalue weighted by Gasteiger charge is -2.20. The highest BCUT2D eigenvalue weighted by Crippen LogP contribution is 2.27. The summed E-state index contributed by atoms with van der Waals surface area (Å²) in [5.41, 5.74) is -0.0666. The van der Waals surface area contributed by atoms with E-state index in [0.29, 0.717) is 17.8 Å². The fraction of sp³-hybridized carbons (Fsp3) is 0.357. The number of fused-ring (bicyclic) bond motifs is 1. The number of anilines is 1. The fourth-order valence-corrected chi connectivity index (χ4v) is 1.81. The topological polar surface area (TPSA) is 72.2 Å². The van der Waals surface area contributed by atoms with Gasteiger partial charge in [0.2, 0.25) is 11.6 Å². The van der Waals surface area contributed by atoms with Gasteiger partial charge in [0.1, 0.15) is 17.5 Å². The molecule has 5 nitrogen and oxygen atoms in total. The van der Waals surface area contributed by atoms with Crippen LogP contribution in [0.15, 0.2) is 29.0 Å². The summed E-state index contributed by atoms with van der Waals surface area (Å²) in [6.07, 6.45) is 3.37. The van der Waals surface area contributed by atoms with Crippen molar-refractivity contribution in [3.05, 3.63) is 24.6 Å². The van der Waals surface area contributed by atoms with Crippen LogP contribution < -0.4 is 5.32 Å². The molecule has 0 aromatic carbocycles. The van der Waals surface area contributed by atoms with E-state index in [1.54, 1.807) is 39.1 Å². The van der Waals surface area contributed by atoms with Crippen molar-refractivity contribution in [3.63, 3.8) is 0 Å². The lowest BCUT2D eigenvalue weighted by molar-refractivity contribution is -0.136. The van der Waals surface area contributed by atoms with Gasteiger partial charge in [-0.15, -0.1) is 0 Å². The highest BCUT2D eigenvalue weighted by Gasteiger charge is 2.34. The second-order valence-corrected chi connectivity index (χ2v) is 4.86. The summed E-state index contributed by atoms with van der Waals surface area (Å²) in [7, 11) is 0. The highest BCUT2D eigenvalue weighted by molar-refractivity contribution is 6.12. The van der Waals surface area contributed by atoms with Gasteiger partial charge < -0.3 is 9.73 Å². The summed E-state index contributed by atoms with van der Waals surface area (Å²) < 4.78 is 5.24. The van der Waals surface area contributed by atoms with E-state index >= 15 is 0 Å². The Balaban J connectivity index is 2.26. The van der Waals surface area contributed by atoms with Crippen molar-refractivity contribution in [2.75, 3.05) is 5.32 Å².